The van der Waals surface area contributed by atoms with Crippen LogP contribution >= 0.6 is 0 Å². The number of anilines is 1. The first kappa shape index (κ1) is 16.7. The number of benzene rings is 1. The first-order chi connectivity index (χ1) is 10.4. The Bertz CT molecular complexity index is 595. The highest BCUT2D eigenvalue weighted by Gasteiger charge is 2.10. The molecule has 22 heavy (non-hydrogen) atoms. The highest BCUT2D eigenvalue weighted by atomic mass is 32.2. The van der Waals surface area contributed by atoms with Gasteiger partial charge in [-0.05, 0) is 24.3 Å². The van der Waals surface area contributed by atoms with E-state index in [4.69, 9.17) is 4.74 Å². The molecule has 0 aliphatic carbocycles. The van der Waals surface area contributed by atoms with E-state index in [-0.39, 0.29) is 10.9 Å². The number of morpholine rings is 1. The first-order valence-electron chi connectivity index (χ1n) is 7.10. The molecule has 122 valence electrons. The zero-order valence-electron chi connectivity index (χ0n) is 12.5. The highest BCUT2D eigenvalue weighted by Crippen LogP contribution is 2.13. The third-order valence-corrected chi connectivity index (χ3v) is 4.49. The topological polar surface area (TPSA) is 87.7 Å². The Morgan fingerprint density at radius 1 is 1.23 bits per heavy atom. The number of sulfone groups is 1. The van der Waals surface area contributed by atoms with Crippen LogP contribution in [0.1, 0.15) is 0 Å². The molecule has 0 spiro atoms. The summed E-state index contributed by atoms with van der Waals surface area (Å²) >= 11 is 0. The summed E-state index contributed by atoms with van der Waals surface area (Å²) < 4.78 is 27.9. The zero-order chi connectivity index (χ0) is 16.0. The average molecular weight is 327 g/mol. The van der Waals surface area contributed by atoms with Crippen LogP contribution in [0.4, 0.5) is 10.5 Å². The molecule has 0 bridgehead atoms. The van der Waals surface area contributed by atoms with E-state index in [1.54, 1.807) is 12.1 Å². The van der Waals surface area contributed by atoms with Gasteiger partial charge in [0.25, 0.3) is 0 Å². The maximum atomic E-state index is 11.8. The number of carbonyl (C=O) groups is 1. The second-order valence-electron chi connectivity index (χ2n) is 5.13. The molecule has 0 atom stereocenters. The molecule has 1 fully saturated rings. The van der Waals surface area contributed by atoms with Crippen molar-refractivity contribution in [3.05, 3.63) is 24.3 Å². The summed E-state index contributed by atoms with van der Waals surface area (Å²) in [5.74, 6) is 0. The molecule has 1 aromatic rings. The third-order valence-electron chi connectivity index (χ3n) is 3.36. The molecule has 2 amide bonds. The lowest BCUT2D eigenvalue weighted by Gasteiger charge is -2.26. The normalized spacial score (nSPS) is 16.2. The van der Waals surface area contributed by atoms with Crippen LogP contribution in [0.5, 0.6) is 0 Å². The van der Waals surface area contributed by atoms with Crippen molar-refractivity contribution in [2.75, 3.05) is 51.0 Å². The van der Waals surface area contributed by atoms with Crippen LogP contribution in [0.3, 0.4) is 0 Å². The van der Waals surface area contributed by atoms with E-state index in [0.29, 0.717) is 12.2 Å². The van der Waals surface area contributed by atoms with Crippen LogP contribution in [0.25, 0.3) is 0 Å². The number of nitrogens with one attached hydrogen (secondary N) is 2. The molecule has 1 heterocycles. The van der Waals surface area contributed by atoms with Crippen LogP contribution < -0.4 is 10.6 Å². The maximum Gasteiger partial charge on any atom is 0.319 e. The Hall–Kier alpha value is -1.64. The summed E-state index contributed by atoms with van der Waals surface area (Å²) in [5.41, 5.74) is 0.552. The number of urea groups is 1. The number of amides is 2. The van der Waals surface area contributed by atoms with Crippen molar-refractivity contribution in [2.45, 2.75) is 4.90 Å². The van der Waals surface area contributed by atoms with E-state index in [2.05, 4.69) is 15.5 Å². The third kappa shape index (κ3) is 5.28. The molecule has 8 heteroatoms. The van der Waals surface area contributed by atoms with Gasteiger partial charge in [0, 0.05) is 38.1 Å². The van der Waals surface area contributed by atoms with Crippen molar-refractivity contribution in [1.29, 1.82) is 0 Å². The number of ether oxygens (including phenoxy) is 1. The molecule has 0 radical (unpaired) electrons. The number of hydrogen-bond acceptors (Lipinski definition) is 5. The standard InChI is InChI=1S/C14H21N3O4S/c1-22(19,20)13-4-2-12(3-5-13)16-14(18)15-6-7-17-8-10-21-11-9-17/h2-5H,6-11H2,1H3,(H2,15,16,18). The lowest BCUT2D eigenvalue weighted by Crippen LogP contribution is -2.42. The number of carbonyl (C=O) groups excluding carboxylic acids is 1. The van der Waals surface area contributed by atoms with Gasteiger partial charge in [0.15, 0.2) is 9.84 Å². The number of nitrogens with zero attached hydrogens (tertiary/aromatic N) is 1. The van der Waals surface area contributed by atoms with Gasteiger partial charge in [0.05, 0.1) is 18.1 Å². The monoisotopic (exact) mass is 327 g/mol. The Morgan fingerprint density at radius 2 is 1.86 bits per heavy atom. The second kappa shape index (κ2) is 7.57. The van der Waals surface area contributed by atoms with Gasteiger partial charge in [-0.25, -0.2) is 13.2 Å². The Morgan fingerprint density at radius 3 is 2.45 bits per heavy atom. The summed E-state index contributed by atoms with van der Waals surface area (Å²) in [4.78, 5) is 14.2. The second-order valence-corrected chi connectivity index (χ2v) is 7.15. The molecule has 0 saturated carbocycles. The molecule has 2 N–H and O–H groups in total. The molecular formula is C14H21N3O4S. The van der Waals surface area contributed by atoms with Crippen molar-refractivity contribution in [3.8, 4) is 0 Å². The predicted octanol–water partition coefficient (Wildman–Crippen LogP) is 0.544. The molecule has 2 rings (SSSR count). The SMILES string of the molecule is CS(=O)(=O)c1ccc(NC(=O)NCCN2CCOCC2)cc1. The maximum absolute atomic E-state index is 11.8. The summed E-state index contributed by atoms with van der Waals surface area (Å²) in [6.07, 6.45) is 1.15. The number of hydrogen-bond donors (Lipinski definition) is 2. The van der Waals surface area contributed by atoms with E-state index in [0.717, 1.165) is 39.1 Å². The quantitative estimate of drug-likeness (QED) is 0.824. The van der Waals surface area contributed by atoms with Crippen LogP contribution in [-0.2, 0) is 14.6 Å². The Kier molecular flexibility index (Phi) is 5.76. The van der Waals surface area contributed by atoms with Crippen molar-refractivity contribution < 1.29 is 17.9 Å². The predicted molar refractivity (Wildman–Crippen MR) is 83.8 cm³/mol. The van der Waals surface area contributed by atoms with Crippen LogP contribution in [0, 0.1) is 0 Å². The Labute approximate surface area is 130 Å². The first-order valence-corrected chi connectivity index (χ1v) is 8.99. The van der Waals surface area contributed by atoms with Gasteiger partial charge >= 0.3 is 6.03 Å². The van der Waals surface area contributed by atoms with E-state index >= 15 is 0 Å². The van der Waals surface area contributed by atoms with Crippen molar-refractivity contribution in [3.63, 3.8) is 0 Å². The minimum atomic E-state index is -3.22. The smallest absolute Gasteiger partial charge is 0.319 e. The molecule has 1 aliphatic rings. The van der Waals surface area contributed by atoms with E-state index in [9.17, 15) is 13.2 Å². The fraction of sp³-hybridized carbons (Fsp3) is 0.500. The summed E-state index contributed by atoms with van der Waals surface area (Å²) in [6.45, 7) is 4.57. The van der Waals surface area contributed by atoms with Gasteiger partial charge in [-0.15, -0.1) is 0 Å². The summed E-state index contributed by atoms with van der Waals surface area (Å²) in [5, 5.41) is 5.44. The van der Waals surface area contributed by atoms with Crippen LogP contribution in [0.15, 0.2) is 29.2 Å². The Balaban J connectivity index is 1.74. The van der Waals surface area contributed by atoms with Gasteiger partial charge in [0.1, 0.15) is 0 Å². The molecule has 1 saturated heterocycles. The minimum Gasteiger partial charge on any atom is -0.379 e. The largest absolute Gasteiger partial charge is 0.379 e. The molecule has 1 aliphatic heterocycles. The molecule has 0 unspecified atom stereocenters. The molecular weight excluding hydrogens is 306 g/mol. The number of rotatable bonds is 5. The molecule has 1 aromatic carbocycles. The minimum absolute atomic E-state index is 0.228. The van der Waals surface area contributed by atoms with Crippen LogP contribution in [0.2, 0.25) is 0 Å². The zero-order valence-corrected chi connectivity index (χ0v) is 13.4. The van der Waals surface area contributed by atoms with Crippen molar-refractivity contribution in [2.24, 2.45) is 0 Å². The fourth-order valence-electron chi connectivity index (χ4n) is 2.11. The van der Waals surface area contributed by atoms with E-state index in [1.165, 1.54) is 12.1 Å². The van der Waals surface area contributed by atoms with Crippen molar-refractivity contribution >= 4 is 21.6 Å². The van der Waals surface area contributed by atoms with Gasteiger partial charge < -0.3 is 15.4 Å². The van der Waals surface area contributed by atoms with Gasteiger partial charge in [-0.2, -0.15) is 0 Å². The van der Waals surface area contributed by atoms with Crippen LogP contribution in [-0.4, -0.2) is 65.0 Å². The van der Waals surface area contributed by atoms with Gasteiger partial charge in [0.2, 0.25) is 0 Å². The fourth-order valence-corrected chi connectivity index (χ4v) is 2.74. The lowest BCUT2D eigenvalue weighted by molar-refractivity contribution is 0.0388. The summed E-state index contributed by atoms with van der Waals surface area (Å²) in [7, 11) is -3.22. The highest BCUT2D eigenvalue weighted by molar-refractivity contribution is 7.90. The average Bonchev–Trinajstić information content (AvgIpc) is 2.48. The lowest BCUT2D eigenvalue weighted by atomic mass is 10.3. The van der Waals surface area contributed by atoms with Crippen molar-refractivity contribution in [1.82, 2.24) is 10.2 Å². The molecule has 7 nitrogen and oxygen atoms in total. The van der Waals surface area contributed by atoms with Gasteiger partial charge in [-0.3, -0.25) is 4.90 Å². The van der Waals surface area contributed by atoms with Gasteiger partial charge in [-0.1, -0.05) is 0 Å². The van der Waals surface area contributed by atoms with E-state index < -0.39 is 9.84 Å². The summed E-state index contributed by atoms with van der Waals surface area (Å²) in [6, 6.07) is 5.77. The van der Waals surface area contributed by atoms with E-state index in [1.807, 2.05) is 0 Å². The molecule has 0 aromatic heterocycles.